The van der Waals surface area contributed by atoms with Crippen molar-refractivity contribution >= 4 is 12.0 Å². The molecule has 0 bridgehead atoms. The Morgan fingerprint density at radius 1 is 1.04 bits per heavy atom. The van der Waals surface area contributed by atoms with Crippen molar-refractivity contribution in [2.24, 2.45) is 5.92 Å². The van der Waals surface area contributed by atoms with Gasteiger partial charge in [-0.15, -0.1) is 0 Å². The Morgan fingerprint density at radius 3 is 2.30 bits per heavy atom. The first kappa shape index (κ1) is 15.8. The summed E-state index contributed by atoms with van der Waals surface area (Å²) >= 11 is 0. The van der Waals surface area contributed by atoms with Gasteiger partial charge in [-0.25, -0.2) is 5.06 Å². The molecule has 3 heteroatoms. The summed E-state index contributed by atoms with van der Waals surface area (Å²) in [5, 5.41) is 1.93. The van der Waals surface area contributed by atoms with Crippen LogP contribution in [0.1, 0.15) is 37.8 Å². The molecule has 1 aliphatic heterocycles. The zero-order valence-electron chi connectivity index (χ0n) is 13.5. The summed E-state index contributed by atoms with van der Waals surface area (Å²) in [6, 6.07) is 20.1. The van der Waals surface area contributed by atoms with Crippen LogP contribution >= 0.6 is 0 Å². The monoisotopic (exact) mass is 309 g/mol. The molecule has 1 aliphatic rings. The third kappa shape index (κ3) is 3.30. The van der Waals surface area contributed by atoms with Crippen LogP contribution in [0.25, 0.3) is 0 Å². The summed E-state index contributed by atoms with van der Waals surface area (Å²) in [4.78, 5) is 18.1. The maximum Gasteiger partial charge on any atom is 0.128 e. The maximum atomic E-state index is 11.8. The molecule has 3 rings (SSSR count). The summed E-state index contributed by atoms with van der Waals surface area (Å²) in [6.45, 7) is 2.16. The smallest absolute Gasteiger partial charge is 0.128 e. The molecule has 0 radical (unpaired) electrons. The number of rotatable bonds is 6. The first-order valence-corrected chi connectivity index (χ1v) is 8.36. The highest BCUT2D eigenvalue weighted by molar-refractivity contribution is 5.61. The highest BCUT2D eigenvalue weighted by Crippen LogP contribution is 2.42. The number of hydrogen-bond donors (Lipinski definition) is 0. The van der Waals surface area contributed by atoms with Crippen molar-refractivity contribution in [2.75, 3.05) is 5.06 Å². The molecule has 0 aliphatic carbocycles. The van der Waals surface area contributed by atoms with E-state index in [0.717, 1.165) is 36.8 Å². The van der Waals surface area contributed by atoms with E-state index < -0.39 is 0 Å². The van der Waals surface area contributed by atoms with Crippen molar-refractivity contribution < 1.29 is 9.63 Å². The van der Waals surface area contributed by atoms with Crippen molar-refractivity contribution in [3.63, 3.8) is 0 Å². The molecule has 1 saturated heterocycles. The Morgan fingerprint density at radius 2 is 1.70 bits per heavy atom. The molecular weight excluding hydrogens is 286 g/mol. The fourth-order valence-electron chi connectivity index (χ4n) is 3.26. The average Bonchev–Trinajstić information content (AvgIpc) is 3.00. The van der Waals surface area contributed by atoms with Crippen molar-refractivity contribution in [3.05, 3.63) is 66.2 Å². The molecule has 1 heterocycles. The molecule has 3 nitrogen and oxygen atoms in total. The predicted octanol–water partition coefficient (Wildman–Crippen LogP) is 4.55. The zero-order valence-corrected chi connectivity index (χ0v) is 13.5. The van der Waals surface area contributed by atoms with Gasteiger partial charge in [0.1, 0.15) is 6.29 Å². The van der Waals surface area contributed by atoms with Crippen LogP contribution in [0.5, 0.6) is 0 Å². The van der Waals surface area contributed by atoms with E-state index in [9.17, 15) is 4.79 Å². The van der Waals surface area contributed by atoms with E-state index in [0.29, 0.717) is 0 Å². The number of hydroxylamine groups is 1. The first-order valence-electron chi connectivity index (χ1n) is 8.36. The molecule has 0 N–H and O–H groups in total. The van der Waals surface area contributed by atoms with E-state index in [4.69, 9.17) is 4.84 Å². The van der Waals surface area contributed by atoms with Crippen LogP contribution in [0, 0.1) is 5.92 Å². The molecule has 1 fully saturated rings. The van der Waals surface area contributed by atoms with Crippen molar-refractivity contribution in [3.8, 4) is 0 Å². The summed E-state index contributed by atoms with van der Waals surface area (Å²) in [5.74, 6) is -0.149. The predicted molar refractivity (Wildman–Crippen MR) is 92.1 cm³/mol. The molecule has 3 atom stereocenters. The number of unbranched alkanes of at least 4 members (excludes halogenated alkanes) is 1. The summed E-state index contributed by atoms with van der Waals surface area (Å²) < 4.78 is 0. The number of nitrogens with zero attached hydrogens (tertiary/aromatic N) is 1. The number of carbonyl (C=O) groups is 1. The average molecular weight is 309 g/mol. The minimum Gasteiger partial charge on any atom is -0.303 e. The summed E-state index contributed by atoms with van der Waals surface area (Å²) in [6.07, 6.45) is 4.09. The second-order valence-electron chi connectivity index (χ2n) is 6.02. The van der Waals surface area contributed by atoms with E-state index in [1.54, 1.807) is 0 Å². The van der Waals surface area contributed by atoms with Gasteiger partial charge in [0.2, 0.25) is 0 Å². The van der Waals surface area contributed by atoms with Crippen LogP contribution in [0.2, 0.25) is 0 Å². The Kier molecular flexibility index (Phi) is 5.09. The fourth-order valence-corrected chi connectivity index (χ4v) is 3.26. The van der Waals surface area contributed by atoms with Gasteiger partial charge in [-0.3, -0.25) is 4.84 Å². The molecule has 0 unspecified atom stereocenters. The van der Waals surface area contributed by atoms with E-state index in [2.05, 4.69) is 19.1 Å². The third-order valence-corrected chi connectivity index (χ3v) is 4.45. The lowest BCUT2D eigenvalue weighted by Crippen LogP contribution is -2.25. The molecule has 0 aromatic heterocycles. The Bertz CT molecular complexity index is 614. The second-order valence-corrected chi connectivity index (χ2v) is 6.02. The van der Waals surface area contributed by atoms with Gasteiger partial charge < -0.3 is 4.79 Å². The quantitative estimate of drug-likeness (QED) is 0.733. The standard InChI is InChI=1S/C20H23NO2/c1-2-3-14-19-18(15-22)20(16-10-6-4-7-11-16)21(23-19)17-12-8-5-9-13-17/h4-13,15,18-20H,2-3,14H2,1H3/t18-,19-,20+/m1/s1. The van der Waals surface area contributed by atoms with E-state index in [1.165, 1.54) is 0 Å². The fraction of sp³-hybridized carbons (Fsp3) is 0.350. The molecule has 120 valence electrons. The van der Waals surface area contributed by atoms with E-state index in [-0.39, 0.29) is 18.1 Å². The minimum absolute atomic E-state index is 0.0575. The van der Waals surface area contributed by atoms with Gasteiger partial charge >= 0.3 is 0 Å². The van der Waals surface area contributed by atoms with Crippen molar-refractivity contribution in [1.82, 2.24) is 0 Å². The Balaban J connectivity index is 1.96. The third-order valence-electron chi connectivity index (χ3n) is 4.45. The van der Waals surface area contributed by atoms with Gasteiger partial charge in [0.25, 0.3) is 0 Å². The van der Waals surface area contributed by atoms with Gasteiger partial charge in [-0.2, -0.15) is 0 Å². The van der Waals surface area contributed by atoms with Gasteiger partial charge in [0.05, 0.1) is 23.8 Å². The van der Waals surface area contributed by atoms with Crippen LogP contribution in [0.4, 0.5) is 5.69 Å². The number of hydrogen-bond acceptors (Lipinski definition) is 3. The van der Waals surface area contributed by atoms with Gasteiger partial charge in [0, 0.05) is 0 Å². The van der Waals surface area contributed by atoms with Crippen LogP contribution in [0.15, 0.2) is 60.7 Å². The van der Waals surface area contributed by atoms with Crippen molar-refractivity contribution in [2.45, 2.75) is 38.3 Å². The summed E-state index contributed by atoms with van der Waals surface area (Å²) in [5.41, 5.74) is 2.11. The minimum atomic E-state index is -0.149. The largest absolute Gasteiger partial charge is 0.303 e. The highest BCUT2D eigenvalue weighted by Gasteiger charge is 2.43. The zero-order chi connectivity index (χ0) is 16.1. The van der Waals surface area contributed by atoms with Gasteiger partial charge in [-0.05, 0) is 24.1 Å². The van der Waals surface area contributed by atoms with Crippen LogP contribution in [-0.2, 0) is 9.63 Å². The number of aldehydes is 1. The molecule has 0 amide bonds. The second kappa shape index (κ2) is 7.42. The number of carbonyl (C=O) groups excluding carboxylic acids is 1. The summed E-state index contributed by atoms with van der Waals surface area (Å²) in [7, 11) is 0. The maximum absolute atomic E-state index is 11.8. The van der Waals surface area contributed by atoms with Crippen LogP contribution in [0.3, 0.4) is 0 Å². The molecular formula is C20H23NO2. The lowest BCUT2D eigenvalue weighted by atomic mass is 9.88. The van der Waals surface area contributed by atoms with E-state index in [1.807, 2.05) is 53.6 Å². The van der Waals surface area contributed by atoms with Crippen LogP contribution in [-0.4, -0.2) is 12.4 Å². The number of benzene rings is 2. The lowest BCUT2D eigenvalue weighted by Gasteiger charge is -2.26. The SMILES string of the molecule is CCCC[C@H]1ON(c2ccccc2)[C@@H](c2ccccc2)[C@@H]1C=O. The molecule has 2 aromatic rings. The number of para-hydroxylation sites is 1. The Labute approximate surface area is 137 Å². The Hall–Kier alpha value is -2.13. The molecule has 0 spiro atoms. The van der Waals surface area contributed by atoms with E-state index >= 15 is 0 Å². The topological polar surface area (TPSA) is 29.5 Å². The molecule has 23 heavy (non-hydrogen) atoms. The molecule has 0 saturated carbocycles. The lowest BCUT2D eigenvalue weighted by molar-refractivity contribution is -0.113. The highest BCUT2D eigenvalue weighted by atomic mass is 16.7. The van der Waals surface area contributed by atoms with Crippen LogP contribution < -0.4 is 5.06 Å². The normalized spacial score (nSPS) is 23.9. The molecule has 2 aromatic carbocycles. The number of anilines is 1. The first-order chi connectivity index (χ1) is 11.3. The van der Waals surface area contributed by atoms with Crippen molar-refractivity contribution in [1.29, 1.82) is 0 Å². The van der Waals surface area contributed by atoms with Gasteiger partial charge in [-0.1, -0.05) is 68.3 Å². The van der Waals surface area contributed by atoms with Gasteiger partial charge in [0.15, 0.2) is 0 Å².